The lowest BCUT2D eigenvalue weighted by molar-refractivity contribution is 0.473. The maximum absolute atomic E-state index is 10.2. The third-order valence-electron chi connectivity index (χ3n) is 3.09. The van der Waals surface area contributed by atoms with Gasteiger partial charge in [-0.2, -0.15) is 0 Å². The molecule has 0 amide bonds. The molecule has 2 rings (SSSR count). The Morgan fingerprint density at radius 2 is 1.94 bits per heavy atom. The lowest BCUT2D eigenvalue weighted by Crippen LogP contribution is -1.88. The summed E-state index contributed by atoms with van der Waals surface area (Å²) >= 11 is 3.38. The Morgan fingerprint density at radius 1 is 1.17 bits per heavy atom. The number of aryl methyl sites for hydroxylation is 2. The van der Waals surface area contributed by atoms with Crippen molar-refractivity contribution in [2.24, 2.45) is 0 Å². The maximum atomic E-state index is 10.2. The first-order valence-electron chi connectivity index (χ1n) is 6.21. The molecule has 2 aromatic rings. The monoisotopic (exact) mass is 304 g/mol. The fraction of sp³-hybridized carbons (Fsp3) is 0.250. The van der Waals surface area contributed by atoms with Gasteiger partial charge in [-0.25, -0.2) is 0 Å². The van der Waals surface area contributed by atoms with Crippen molar-refractivity contribution in [3.05, 3.63) is 52.0 Å². The van der Waals surface area contributed by atoms with Crippen LogP contribution in [-0.2, 0) is 6.42 Å². The van der Waals surface area contributed by atoms with Gasteiger partial charge in [-0.15, -0.1) is 0 Å². The number of rotatable bonds is 3. The molecule has 0 aliphatic heterocycles. The van der Waals surface area contributed by atoms with Crippen LogP contribution in [-0.4, -0.2) is 5.11 Å². The minimum absolute atomic E-state index is 0.323. The van der Waals surface area contributed by atoms with Crippen LogP contribution in [0.1, 0.15) is 24.5 Å². The van der Waals surface area contributed by atoms with Crippen LogP contribution in [0, 0.1) is 6.92 Å². The van der Waals surface area contributed by atoms with Gasteiger partial charge in [0, 0.05) is 5.56 Å². The molecule has 2 aromatic carbocycles. The van der Waals surface area contributed by atoms with Crippen molar-refractivity contribution in [1.29, 1.82) is 0 Å². The molecule has 0 saturated heterocycles. The Labute approximate surface area is 117 Å². The van der Waals surface area contributed by atoms with Crippen LogP contribution in [0.3, 0.4) is 0 Å². The summed E-state index contributed by atoms with van der Waals surface area (Å²) in [5.41, 5.74) is 4.40. The molecule has 0 aliphatic rings. The zero-order chi connectivity index (χ0) is 13.1. The molecule has 18 heavy (non-hydrogen) atoms. The van der Waals surface area contributed by atoms with Gasteiger partial charge in [-0.05, 0) is 52.0 Å². The van der Waals surface area contributed by atoms with Gasteiger partial charge in [-0.3, -0.25) is 0 Å². The van der Waals surface area contributed by atoms with Gasteiger partial charge in [0.2, 0.25) is 0 Å². The highest BCUT2D eigenvalue weighted by molar-refractivity contribution is 9.10. The van der Waals surface area contributed by atoms with Crippen molar-refractivity contribution < 1.29 is 5.11 Å². The average Bonchev–Trinajstić information content (AvgIpc) is 2.35. The smallest absolute Gasteiger partial charge is 0.137 e. The standard InChI is InChI=1S/C16H17BrO/c1-3-5-12-6-4-7-13(10-12)15-11(2)8-9-14(17)16(15)18/h4,6-10,18H,3,5H2,1-2H3. The van der Waals surface area contributed by atoms with E-state index in [0.29, 0.717) is 5.75 Å². The molecule has 0 unspecified atom stereocenters. The van der Waals surface area contributed by atoms with Crippen molar-refractivity contribution in [1.82, 2.24) is 0 Å². The predicted octanol–water partition coefficient (Wildman–Crippen LogP) is 5.08. The average molecular weight is 305 g/mol. The lowest BCUT2D eigenvalue weighted by atomic mass is 9.97. The number of halogens is 1. The van der Waals surface area contributed by atoms with E-state index in [4.69, 9.17) is 0 Å². The van der Waals surface area contributed by atoms with E-state index in [1.54, 1.807) is 0 Å². The van der Waals surface area contributed by atoms with Gasteiger partial charge in [0.1, 0.15) is 5.75 Å². The first kappa shape index (κ1) is 13.2. The largest absolute Gasteiger partial charge is 0.506 e. The van der Waals surface area contributed by atoms with Crippen LogP contribution >= 0.6 is 15.9 Å². The summed E-state index contributed by atoms with van der Waals surface area (Å²) in [5.74, 6) is 0.323. The van der Waals surface area contributed by atoms with Crippen molar-refractivity contribution in [3.8, 4) is 16.9 Å². The molecule has 0 aliphatic carbocycles. The Bertz CT molecular complexity index is 561. The lowest BCUT2D eigenvalue weighted by Gasteiger charge is -2.11. The fourth-order valence-corrected chi connectivity index (χ4v) is 2.53. The molecule has 0 atom stereocenters. The predicted molar refractivity (Wildman–Crippen MR) is 80.0 cm³/mol. The molecular weight excluding hydrogens is 288 g/mol. The Kier molecular flexibility index (Phi) is 4.07. The second-order valence-corrected chi connectivity index (χ2v) is 5.39. The van der Waals surface area contributed by atoms with Crippen molar-refractivity contribution in [2.75, 3.05) is 0 Å². The molecule has 0 saturated carbocycles. The maximum Gasteiger partial charge on any atom is 0.137 e. The number of hydrogen-bond acceptors (Lipinski definition) is 1. The van der Waals surface area contributed by atoms with Crippen molar-refractivity contribution >= 4 is 15.9 Å². The molecule has 0 fully saturated rings. The Hall–Kier alpha value is -1.28. The van der Waals surface area contributed by atoms with Crippen LogP contribution in [0.15, 0.2) is 40.9 Å². The van der Waals surface area contributed by atoms with E-state index in [1.165, 1.54) is 5.56 Å². The first-order chi connectivity index (χ1) is 8.63. The fourth-order valence-electron chi connectivity index (χ4n) is 2.20. The quantitative estimate of drug-likeness (QED) is 0.838. The third kappa shape index (κ3) is 2.59. The first-order valence-corrected chi connectivity index (χ1v) is 7.00. The molecule has 0 radical (unpaired) electrons. The van der Waals surface area contributed by atoms with E-state index in [9.17, 15) is 5.11 Å². The summed E-state index contributed by atoms with van der Waals surface area (Å²) in [6.45, 7) is 4.20. The molecule has 0 spiro atoms. The van der Waals surface area contributed by atoms with E-state index < -0.39 is 0 Å². The minimum Gasteiger partial charge on any atom is -0.506 e. The Balaban J connectivity index is 2.55. The molecule has 1 nitrogen and oxygen atoms in total. The van der Waals surface area contributed by atoms with Crippen LogP contribution in [0.25, 0.3) is 11.1 Å². The molecular formula is C16H17BrO. The zero-order valence-corrected chi connectivity index (χ0v) is 12.3. The van der Waals surface area contributed by atoms with E-state index >= 15 is 0 Å². The normalized spacial score (nSPS) is 10.6. The highest BCUT2D eigenvalue weighted by Crippen LogP contribution is 2.38. The number of aromatic hydroxyl groups is 1. The van der Waals surface area contributed by atoms with E-state index in [1.807, 2.05) is 25.1 Å². The van der Waals surface area contributed by atoms with Crippen molar-refractivity contribution in [3.63, 3.8) is 0 Å². The second kappa shape index (κ2) is 5.57. The molecule has 0 aromatic heterocycles. The number of benzene rings is 2. The molecule has 1 N–H and O–H groups in total. The SMILES string of the molecule is CCCc1cccc(-c2c(C)ccc(Br)c2O)c1. The second-order valence-electron chi connectivity index (χ2n) is 4.54. The summed E-state index contributed by atoms with van der Waals surface area (Å²) in [6, 6.07) is 12.3. The van der Waals surface area contributed by atoms with E-state index in [2.05, 4.69) is 41.1 Å². The van der Waals surface area contributed by atoms with Crippen LogP contribution in [0.5, 0.6) is 5.75 Å². The number of hydrogen-bond donors (Lipinski definition) is 1. The van der Waals surface area contributed by atoms with Gasteiger partial charge in [0.05, 0.1) is 4.47 Å². The molecule has 0 heterocycles. The van der Waals surface area contributed by atoms with Gasteiger partial charge in [0.25, 0.3) is 0 Å². The van der Waals surface area contributed by atoms with Gasteiger partial charge < -0.3 is 5.11 Å². The van der Waals surface area contributed by atoms with Crippen LogP contribution in [0.4, 0.5) is 0 Å². The third-order valence-corrected chi connectivity index (χ3v) is 3.73. The Morgan fingerprint density at radius 3 is 2.67 bits per heavy atom. The van der Waals surface area contributed by atoms with Crippen molar-refractivity contribution in [2.45, 2.75) is 26.7 Å². The zero-order valence-electron chi connectivity index (χ0n) is 10.7. The topological polar surface area (TPSA) is 20.2 Å². The highest BCUT2D eigenvalue weighted by Gasteiger charge is 2.11. The molecule has 94 valence electrons. The van der Waals surface area contributed by atoms with E-state index in [0.717, 1.165) is 34.0 Å². The van der Waals surface area contributed by atoms with Gasteiger partial charge >= 0.3 is 0 Å². The summed E-state index contributed by atoms with van der Waals surface area (Å²) in [7, 11) is 0. The number of phenols is 1. The number of phenolic OH excluding ortho intramolecular Hbond substituents is 1. The van der Waals surface area contributed by atoms with Gasteiger partial charge in [0.15, 0.2) is 0 Å². The summed E-state index contributed by atoms with van der Waals surface area (Å²) in [4.78, 5) is 0. The summed E-state index contributed by atoms with van der Waals surface area (Å²) in [6.07, 6.45) is 2.20. The van der Waals surface area contributed by atoms with Crippen LogP contribution in [0.2, 0.25) is 0 Å². The van der Waals surface area contributed by atoms with E-state index in [-0.39, 0.29) is 0 Å². The summed E-state index contributed by atoms with van der Waals surface area (Å²) < 4.78 is 0.740. The highest BCUT2D eigenvalue weighted by atomic mass is 79.9. The van der Waals surface area contributed by atoms with Crippen LogP contribution < -0.4 is 0 Å². The molecule has 0 bridgehead atoms. The summed E-state index contributed by atoms with van der Waals surface area (Å²) in [5, 5.41) is 10.2. The minimum atomic E-state index is 0.323. The van der Waals surface area contributed by atoms with Gasteiger partial charge in [-0.1, -0.05) is 43.7 Å². The molecule has 2 heteroatoms.